The van der Waals surface area contributed by atoms with E-state index < -0.39 is 48.3 Å². The molecule has 0 bridgehead atoms. The van der Waals surface area contributed by atoms with Crippen molar-refractivity contribution in [3.63, 3.8) is 0 Å². The highest BCUT2D eigenvalue weighted by atomic mass is 16.3. The minimum atomic E-state index is -1.52. The van der Waals surface area contributed by atoms with Crippen molar-refractivity contribution in [1.29, 1.82) is 0 Å². The zero-order valence-electron chi connectivity index (χ0n) is 32.7. The molecule has 0 aliphatic carbocycles. The number of rotatable bonds is 19. The molecule has 0 saturated carbocycles. The number of amides is 4. The zero-order chi connectivity index (χ0) is 39.9. The summed E-state index contributed by atoms with van der Waals surface area (Å²) in [5.41, 5.74) is 3.18. The number of aromatic nitrogens is 2. The van der Waals surface area contributed by atoms with Crippen molar-refractivity contribution in [3.8, 4) is 0 Å². The Bertz CT molecular complexity index is 1750. The van der Waals surface area contributed by atoms with Crippen LogP contribution in [-0.2, 0) is 35.5 Å². The number of hydrogen-bond acceptors (Lipinski definition) is 8. The van der Waals surface area contributed by atoms with Gasteiger partial charge in [-0.1, -0.05) is 100 Å². The first kappa shape index (κ1) is 42.6. The van der Waals surface area contributed by atoms with Crippen LogP contribution >= 0.6 is 0 Å². The van der Waals surface area contributed by atoms with Gasteiger partial charge in [-0.3, -0.25) is 24.5 Å². The highest BCUT2D eigenvalue weighted by Gasteiger charge is 2.38. The highest BCUT2D eigenvalue weighted by molar-refractivity contribution is 5.87. The molecule has 4 aromatic rings. The van der Waals surface area contributed by atoms with E-state index in [0.717, 1.165) is 16.8 Å². The van der Waals surface area contributed by atoms with Crippen LogP contribution in [0.1, 0.15) is 50.2 Å². The number of nitrogens with zero attached hydrogens (tertiary/aromatic N) is 4. The molecule has 0 unspecified atom stereocenters. The van der Waals surface area contributed by atoms with E-state index in [0.29, 0.717) is 12.2 Å². The molecule has 0 aliphatic heterocycles. The van der Waals surface area contributed by atoms with Gasteiger partial charge in [0, 0.05) is 26.0 Å². The number of aliphatic hydroxyl groups excluding tert-OH is 2. The molecule has 0 fully saturated rings. The van der Waals surface area contributed by atoms with Crippen molar-refractivity contribution in [2.45, 2.75) is 90.0 Å². The molecule has 12 heteroatoms. The minimum absolute atomic E-state index is 0.0931. The lowest BCUT2D eigenvalue weighted by atomic mass is 9.90. The number of carbonyl (C=O) groups excluding carboxylic acids is 3. The molecule has 12 nitrogen and oxygen atoms in total. The van der Waals surface area contributed by atoms with Gasteiger partial charge >= 0.3 is 6.03 Å². The summed E-state index contributed by atoms with van der Waals surface area (Å²) in [5, 5.41) is 32.9. The number of nitrogens with one attached hydrogen (secondary N) is 3. The molecule has 2 heterocycles. The molecule has 0 radical (unpaired) electrons. The van der Waals surface area contributed by atoms with Crippen molar-refractivity contribution in [3.05, 3.63) is 132 Å². The monoisotopic (exact) mass is 751 g/mol. The average Bonchev–Trinajstić information content (AvgIpc) is 3.17. The van der Waals surface area contributed by atoms with Gasteiger partial charge in [0.1, 0.15) is 18.2 Å². The maximum absolute atomic E-state index is 14.1. The van der Waals surface area contributed by atoms with Crippen molar-refractivity contribution < 1.29 is 24.6 Å². The zero-order valence-corrected chi connectivity index (χ0v) is 32.7. The molecule has 2 aromatic heterocycles. The molecule has 0 aliphatic rings. The third kappa shape index (κ3) is 13.0. The van der Waals surface area contributed by atoms with Crippen LogP contribution in [0.2, 0.25) is 0 Å². The van der Waals surface area contributed by atoms with Gasteiger partial charge in [0.15, 0.2) is 0 Å². The Balaban J connectivity index is 1.58. The Hall–Kier alpha value is -5.17. The normalized spacial score (nSPS) is 14.7. The Labute approximate surface area is 325 Å². The van der Waals surface area contributed by atoms with E-state index in [1.807, 2.05) is 131 Å². The maximum Gasteiger partial charge on any atom is 0.318 e. The largest absolute Gasteiger partial charge is 0.388 e. The second-order valence-corrected chi connectivity index (χ2v) is 14.9. The second-order valence-electron chi connectivity index (χ2n) is 14.9. The van der Waals surface area contributed by atoms with Crippen LogP contribution < -0.4 is 16.0 Å². The van der Waals surface area contributed by atoms with Crippen molar-refractivity contribution in [2.75, 3.05) is 14.1 Å². The fourth-order valence-electron chi connectivity index (χ4n) is 6.71. The topological polar surface area (TPSA) is 160 Å². The van der Waals surface area contributed by atoms with E-state index in [1.165, 1.54) is 4.90 Å². The van der Waals surface area contributed by atoms with Crippen molar-refractivity contribution in [1.82, 2.24) is 35.7 Å². The van der Waals surface area contributed by atoms with Crippen LogP contribution in [0.3, 0.4) is 0 Å². The third-order valence-corrected chi connectivity index (χ3v) is 9.64. The summed E-state index contributed by atoms with van der Waals surface area (Å²) in [4.78, 5) is 53.5. The number of urea groups is 1. The van der Waals surface area contributed by atoms with Crippen molar-refractivity contribution >= 4 is 17.8 Å². The van der Waals surface area contributed by atoms with Gasteiger partial charge in [-0.25, -0.2) is 4.79 Å². The molecule has 6 atom stereocenters. The predicted molar refractivity (Wildman–Crippen MR) is 213 cm³/mol. The van der Waals surface area contributed by atoms with E-state index >= 15 is 0 Å². The molecule has 5 N–H and O–H groups in total. The number of benzene rings is 2. The van der Waals surface area contributed by atoms with Gasteiger partial charge in [0.25, 0.3) is 0 Å². The molecule has 55 heavy (non-hydrogen) atoms. The van der Waals surface area contributed by atoms with Gasteiger partial charge in [0.05, 0.1) is 36.1 Å². The Morgan fingerprint density at radius 2 is 1.05 bits per heavy atom. The number of aliphatic hydroxyl groups is 2. The van der Waals surface area contributed by atoms with Crippen LogP contribution in [0.4, 0.5) is 4.79 Å². The van der Waals surface area contributed by atoms with E-state index in [1.54, 1.807) is 25.5 Å². The van der Waals surface area contributed by atoms with Crippen LogP contribution in [0.25, 0.3) is 0 Å². The summed E-state index contributed by atoms with van der Waals surface area (Å²) >= 11 is 0. The molecule has 0 saturated heterocycles. The van der Waals surface area contributed by atoms with Crippen LogP contribution in [-0.4, -0.2) is 98.3 Å². The molecule has 0 spiro atoms. The van der Waals surface area contributed by atoms with Gasteiger partial charge in [0.2, 0.25) is 11.8 Å². The molecular formula is C43H57N7O5. The fourth-order valence-corrected chi connectivity index (χ4v) is 6.71. The third-order valence-electron chi connectivity index (χ3n) is 9.64. The van der Waals surface area contributed by atoms with Crippen LogP contribution in [0.15, 0.2) is 109 Å². The molecular weight excluding hydrogens is 695 g/mol. The number of pyridine rings is 2. The Morgan fingerprint density at radius 1 is 0.600 bits per heavy atom. The average molecular weight is 752 g/mol. The van der Waals surface area contributed by atoms with E-state index in [2.05, 4.69) is 25.9 Å². The summed E-state index contributed by atoms with van der Waals surface area (Å²) in [5.74, 6) is -1.22. The standard InChI is InChI=1S/C43H57N7O5/c1-29(2)37(48-43(55)50(6)28-34-22-14-16-24-45-34)41(53)46-35(25-31-17-9-7-10-18-31)39(51)40(52)36(26-32-19-11-8-12-20-32)47-42(54)38(30(3)4)49(5)27-33-21-13-15-23-44-33/h7-24,29-30,35-40,51-52H,25-28H2,1-6H3,(H,46,53)(H,47,54)(H,48,55)/t35-,36-,37-,38-,39-,40-/m0/s1. The smallest absolute Gasteiger partial charge is 0.318 e. The number of carbonyl (C=O) groups is 3. The van der Waals surface area contributed by atoms with Crippen LogP contribution in [0.5, 0.6) is 0 Å². The van der Waals surface area contributed by atoms with E-state index in [9.17, 15) is 24.6 Å². The maximum atomic E-state index is 14.1. The summed E-state index contributed by atoms with van der Waals surface area (Å²) in [6, 6.07) is 26.0. The summed E-state index contributed by atoms with van der Waals surface area (Å²) in [6.07, 6.45) is 0.750. The SMILES string of the molecule is CC(C)[C@H](NC(=O)N(C)Cc1ccccn1)C(=O)N[C@@H](Cc1ccccc1)[C@H](O)[C@@H](O)[C@H](Cc1ccccc1)NC(=O)[C@H](C(C)C)N(C)Cc1ccccn1. The van der Waals surface area contributed by atoms with Gasteiger partial charge in [-0.2, -0.15) is 0 Å². The van der Waals surface area contributed by atoms with E-state index in [-0.39, 0.29) is 37.1 Å². The Morgan fingerprint density at radius 3 is 1.49 bits per heavy atom. The van der Waals surface area contributed by atoms with Crippen molar-refractivity contribution in [2.24, 2.45) is 11.8 Å². The molecule has 2 aromatic carbocycles. The quantitative estimate of drug-likeness (QED) is 0.0963. The minimum Gasteiger partial charge on any atom is -0.388 e. The fraction of sp³-hybridized carbons (Fsp3) is 0.419. The first-order valence-corrected chi connectivity index (χ1v) is 18.9. The molecule has 4 amide bonds. The van der Waals surface area contributed by atoms with Gasteiger partial charge < -0.3 is 31.1 Å². The summed E-state index contributed by atoms with van der Waals surface area (Å²) in [6.45, 7) is 8.24. The summed E-state index contributed by atoms with van der Waals surface area (Å²) < 4.78 is 0. The lowest BCUT2D eigenvalue weighted by molar-refractivity contribution is -0.131. The first-order valence-electron chi connectivity index (χ1n) is 18.9. The lowest BCUT2D eigenvalue weighted by Gasteiger charge is -2.36. The second kappa shape index (κ2) is 21.1. The van der Waals surface area contributed by atoms with Gasteiger partial charge in [-0.15, -0.1) is 0 Å². The van der Waals surface area contributed by atoms with Crippen LogP contribution in [0, 0.1) is 11.8 Å². The molecule has 4 rings (SSSR count). The Kier molecular flexibility index (Phi) is 16.3. The molecule has 294 valence electrons. The first-order chi connectivity index (χ1) is 26.3. The predicted octanol–water partition coefficient (Wildman–Crippen LogP) is 3.98. The summed E-state index contributed by atoms with van der Waals surface area (Å²) in [7, 11) is 3.49. The highest BCUT2D eigenvalue weighted by Crippen LogP contribution is 2.18. The number of hydrogen-bond donors (Lipinski definition) is 5. The van der Waals surface area contributed by atoms with Gasteiger partial charge in [-0.05, 0) is 67.1 Å². The van der Waals surface area contributed by atoms with E-state index in [4.69, 9.17) is 0 Å². The number of likely N-dealkylation sites (N-methyl/N-ethyl adjacent to an activating group) is 1. The lowest BCUT2D eigenvalue weighted by Crippen LogP contribution is -2.61.